The molecule has 1 saturated heterocycles. The van der Waals surface area contributed by atoms with Crippen molar-refractivity contribution >= 4 is 11.6 Å². The number of halogens is 1. The van der Waals surface area contributed by atoms with E-state index in [1.54, 1.807) is 0 Å². The van der Waals surface area contributed by atoms with Crippen LogP contribution in [0.25, 0.3) is 0 Å². The van der Waals surface area contributed by atoms with E-state index in [9.17, 15) is 5.11 Å². The van der Waals surface area contributed by atoms with E-state index in [4.69, 9.17) is 11.6 Å². The molecule has 1 aromatic carbocycles. The van der Waals surface area contributed by atoms with Crippen molar-refractivity contribution in [2.45, 2.75) is 38.5 Å². The summed E-state index contributed by atoms with van der Waals surface area (Å²) in [5.41, 5.74) is 2.21. The molecule has 0 bridgehead atoms. The van der Waals surface area contributed by atoms with Gasteiger partial charge in [0, 0.05) is 18.0 Å². The number of phenols is 1. The molecule has 0 spiro atoms. The first kappa shape index (κ1) is 12.7. The molecule has 1 aromatic rings. The first-order valence-corrected chi connectivity index (χ1v) is 6.70. The van der Waals surface area contributed by atoms with Gasteiger partial charge in [0.2, 0.25) is 0 Å². The molecule has 2 rings (SSSR count). The van der Waals surface area contributed by atoms with Crippen molar-refractivity contribution in [3.8, 4) is 5.75 Å². The fourth-order valence-electron chi connectivity index (χ4n) is 2.40. The van der Waals surface area contributed by atoms with Crippen LogP contribution >= 0.6 is 11.6 Å². The van der Waals surface area contributed by atoms with Crippen molar-refractivity contribution in [3.05, 3.63) is 28.3 Å². The first-order valence-electron chi connectivity index (χ1n) is 6.32. The molecule has 1 aliphatic heterocycles. The maximum Gasteiger partial charge on any atom is 0.137 e. The van der Waals surface area contributed by atoms with E-state index >= 15 is 0 Å². The molecule has 0 radical (unpaired) electrons. The number of rotatable bonds is 2. The smallest absolute Gasteiger partial charge is 0.137 e. The van der Waals surface area contributed by atoms with Crippen LogP contribution in [0.4, 0.5) is 0 Å². The van der Waals surface area contributed by atoms with E-state index < -0.39 is 0 Å². The second-order valence-electron chi connectivity index (χ2n) is 5.14. The molecule has 0 aliphatic carbocycles. The Morgan fingerprint density at radius 1 is 1.41 bits per heavy atom. The topological polar surface area (TPSA) is 32.3 Å². The highest BCUT2D eigenvalue weighted by Gasteiger charge is 2.21. The summed E-state index contributed by atoms with van der Waals surface area (Å²) in [6, 6.07) is 3.99. The molecule has 0 saturated carbocycles. The molecule has 1 heterocycles. The van der Waals surface area contributed by atoms with Gasteiger partial charge in [-0.05, 0) is 36.9 Å². The van der Waals surface area contributed by atoms with Crippen molar-refractivity contribution in [1.82, 2.24) is 5.32 Å². The van der Waals surface area contributed by atoms with Gasteiger partial charge in [-0.1, -0.05) is 31.5 Å². The summed E-state index contributed by atoms with van der Waals surface area (Å²) < 4.78 is 0. The number of nitrogens with one attached hydrogen (secondary N) is 1. The lowest BCUT2D eigenvalue weighted by Crippen LogP contribution is -2.28. The minimum atomic E-state index is 0.268. The molecule has 0 amide bonds. The van der Waals surface area contributed by atoms with Gasteiger partial charge in [0.05, 0.1) is 5.02 Å². The average Bonchev–Trinajstić information content (AvgIpc) is 2.33. The number of aromatic hydroxyl groups is 1. The van der Waals surface area contributed by atoms with Crippen molar-refractivity contribution in [1.29, 1.82) is 0 Å². The van der Waals surface area contributed by atoms with Crippen molar-refractivity contribution in [3.63, 3.8) is 0 Å². The predicted molar refractivity (Wildman–Crippen MR) is 72.1 cm³/mol. The summed E-state index contributed by atoms with van der Waals surface area (Å²) >= 11 is 6.11. The monoisotopic (exact) mass is 253 g/mol. The predicted octanol–water partition coefficient (Wildman–Crippen LogP) is 3.64. The lowest BCUT2D eigenvalue weighted by molar-refractivity contribution is 0.425. The Balaban J connectivity index is 2.36. The minimum absolute atomic E-state index is 0.268. The number of phenolic OH excluding ortho intramolecular Hbond substituents is 1. The van der Waals surface area contributed by atoms with Crippen LogP contribution < -0.4 is 5.32 Å². The van der Waals surface area contributed by atoms with E-state index in [-0.39, 0.29) is 5.75 Å². The van der Waals surface area contributed by atoms with Crippen molar-refractivity contribution in [2.75, 3.05) is 13.1 Å². The summed E-state index contributed by atoms with van der Waals surface area (Å²) in [7, 11) is 0. The number of hydrogen-bond acceptors (Lipinski definition) is 2. The number of piperidine rings is 1. The highest BCUT2D eigenvalue weighted by molar-refractivity contribution is 6.32. The van der Waals surface area contributed by atoms with Crippen LogP contribution in [0.5, 0.6) is 5.75 Å². The van der Waals surface area contributed by atoms with Gasteiger partial charge in [-0.2, -0.15) is 0 Å². The molecule has 94 valence electrons. The molecule has 1 unspecified atom stereocenters. The molecule has 3 heteroatoms. The van der Waals surface area contributed by atoms with Crippen LogP contribution in [-0.2, 0) is 0 Å². The van der Waals surface area contributed by atoms with Crippen LogP contribution in [0, 0.1) is 0 Å². The van der Waals surface area contributed by atoms with Gasteiger partial charge in [-0.25, -0.2) is 0 Å². The van der Waals surface area contributed by atoms with E-state index in [0.29, 0.717) is 16.9 Å². The van der Waals surface area contributed by atoms with E-state index in [1.807, 2.05) is 6.07 Å². The first-order chi connectivity index (χ1) is 8.09. The SMILES string of the molecule is CC(C)c1cc(Cl)c(O)c(C2CCCNC2)c1. The molecule has 2 N–H and O–H groups in total. The van der Waals surface area contributed by atoms with Gasteiger partial charge in [-0.15, -0.1) is 0 Å². The standard InChI is InChI=1S/C14H20ClNO/c1-9(2)11-6-12(14(17)13(15)7-11)10-4-3-5-16-8-10/h6-7,9-10,16-17H,3-5,8H2,1-2H3. The third-order valence-corrected chi connectivity index (χ3v) is 3.81. The van der Waals surface area contributed by atoms with Gasteiger partial charge in [0.1, 0.15) is 5.75 Å². The van der Waals surface area contributed by atoms with Gasteiger partial charge in [0.25, 0.3) is 0 Å². The number of hydrogen-bond donors (Lipinski definition) is 2. The average molecular weight is 254 g/mol. The molecule has 1 aliphatic rings. The maximum atomic E-state index is 10.1. The van der Waals surface area contributed by atoms with Crippen LogP contribution in [-0.4, -0.2) is 18.2 Å². The largest absolute Gasteiger partial charge is 0.506 e. The number of benzene rings is 1. The van der Waals surface area contributed by atoms with Gasteiger partial charge >= 0.3 is 0 Å². The zero-order valence-corrected chi connectivity index (χ0v) is 11.2. The Morgan fingerprint density at radius 3 is 2.76 bits per heavy atom. The zero-order valence-electron chi connectivity index (χ0n) is 10.5. The second kappa shape index (κ2) is 5.28. The van der Waals surface area contributed by atoms with E-state index in [0.717, 1.165) is 31.5 Å². The Morgan fingerprint density at radius 2 is 2.18 bits per heavy atom. The normalized spacial score (nSPS) is 20.8. The quantitative estimate of drug-likeness (QED) is 0.844. The third kappa shape index (κ3) is 2.75. The zero-order chi connectivity index (χ0) is 12.4. The molecule has 17 heavy (non-hydrogen) atoms. The summed E-state index contributed by atoms with van der Waals surface area (Å²) in [6.45, 7) is 6.30. The summed E-state index contributed by atoms with van der Waals surface area (Å²) in [4.78, 5) is 0. The van der Waals surface area contributed by atoms with Crippen molar-refractivity contribution in [2.24, 2.45) is 0 Å². The maximum absolute atomic E-state index is 10.1. The molecule has 1 atom stereocenters. The minimum Gasteiger partial charge on any atom is -0.506 e. The Hall–Kier alpha value is -0.730. The lowest BCUT2D eigenvalue weighted by atomic mass is 9.88. The molecule has 1 fully saturated rings. The Bertz CT molecular complexity index is 397. The molecule has 0 aromatic heterocycles. The second-order valence-corrected chi connectivity index (χ2v) is 5.55. The van der Waals surface area contributed by atoms with Crippen LogP contribution in [0.2, 0.25) is 5.02 Å². The van der Waals surface area contributed by atoms with Crippen LogP contribution in [0.15, 0.2) is 12.1 Å². The fraction of sp³-hybridized carbons (Fsp3) is 0.571. The summed E-state index contributed by atoms with van der Waals surface area (Å²) in [6.07, 6.45) is 2.28. The Labute approximate surface area is 108 Å². The molecular formula is C14H20ClNO. The third-order valence-electron chi connectivity index (χ3n) is 3.52. The fourth-order valence-corrected chi connectivity index (χ4v) is 2.64. The van der Waals surface area contributed by atoms with Gasteiger partial charge < -0.3 is 10.4 Å². The van der Waals surface area contributed by atoms with Gasteiger partial charge in [0.15, 0.2) is 0 Å². The Kier molecular flexibility index (Phi) is 3.95. The van der Waals surface area contributed by atoms with Crippen molar-refractivity contribution < 1.29 is 5.11 Å². The van der Waals surface area contributed by atoms with Gasteiger partial charge in [-0.3, -0.25) is 0 Å². The van der Waals surface area contributed by atoms with Crippen LogP contribution in [0.3, 0.4) is 0 Å². The lowest BCUT2D eigenvalue weighted by Gasteiger charge is -2.25. The molecular weight excluding hydrogens is 234 g/mol. The van der Waals surface area contributed by atoms with E-state index in [2.05, 4.69) is 25.2 Å². The van der Waals surface area contributed by atoms with Crippen LogP contribution in [0.1, 0.15) is 49.7 Å². The highest BCUT2D eigenvalue weighted by Crippen LogP contribution is 2.38. The molecule has 2 nitrogen and oxygen atoms in total. The highest BCUT2D eigenvalue weighted by atomic mass is 35.5. The summed E-state index contributed by atoms with van der Waals surface area (Å²) in [5.74, 6) is 1.09. The van der Waals surface area contributed by atoms with E-state index in [1.165, 1.54) is 5.56 Å². The summed E-state index contributed by atoms with van der Waals surface area (Å²) in [5, 5.41) is 14.0.